The highest BCUT2D eigenvalue weighted by molar-refractivity contribution is 6.31. The van der Waals surface area contributed by atoms with E-state index in [0.29, 0.717) is 23.7 Å². The molecular formula is C47H54N4O12. The lowest BCUT2D eigenvalue weighted by Gasteiger charge is -2.40. The van der Waals surface area contributed by atoms with Crippen LogP contribution in [0.25, 0.3) is 10.8 Å². The first-order valence-corrected chi connectivity index (χ1v) is 21.6. The van der Waals surface area contributed by atoms with E-state index in [1.165, 1.54) is 19.2 Å². The second-order valence-electron chi connectivity index (χ2n) is 16.5. The lowest BCUT2D eigenvalue weighted by Crippen LogP contribution is -2.47. The zero-order chi connectivity index (χ0) is 44.9. The summed E-state index contributed by atoms with van der Waals surface area (Å²) in [6.45, 7) is 3.72. The first kappa shape index (κ1) is 45.2. The van der Waals surface area contributed by atoms with Crippen molar-refractivity contribution in [3.63, 3.8) is 0 Å². The average Bonchev–Trinajstić information content (AvgIpc) is 3.28. The van der Waals surface area contributed by atoms with E-state index in [1.807, 2.05) is 18.3 Å². The van der Waals surface area contributed by atoms with Gasteiger partial charge in [0.1, 0.15) is 30.0 Å². The van der Waals surface area contributed by atoms with Gasteiger partial charge >= 0.3 is 0 Å². The standard InChI is InChI=1S/C47H54N4O12/c1-4-25(26-14-15-28-30(19-26)47(60)51-50-46(28)59)11-6-9-17-48-16-7-5-8-18-49-32-22-36(62-24(2)41(32)54)63-35-21-27(33(53)23-52)20-31-38(35)45(58)40-39(43(31)56)42(55)29-12-10-13-34(61-3)37(29)44(40)57/h10,12-16,18-19,24-25,27,32,35-36,41,52,54,56,58H,4-9,11,17,20-23H2,1-3H3,(H,50,59)(H,51,60)/t24-,25?,27?,32-,35-,36-,41+/m0/s1. The molecule has 2 heterocycles. The van der Waals surface area contributed by atoms with Crippen LogP contribution in [0.3, 0.4) is 0 Å². The highest BCUT2D eigenvalue weighted by Crippen LogP contribution is 2.52. The number of hydrogen-bond acceptors (Lipinski definition) is 14. The number of aromatic nitrogens is 2. The van der Waals surface area contributed by atoms with Crippen LogP contribution in [0.2, 0.25) is 0 Å². The van der Waals surface area contributed by atoms with Crippen molar-refractivity contribution in [1.29, 1.82) is 0 Å². The third kappa shape index (κ3) is 9.16. The third-order valence-electron chi connectivity index (χ3n) is 12.6. The molecule has 63 heavy (non-hydrogen) atoms. The number of rotatable bonds is 17. The number of phenols is 2. The van der Waals surface area contributed by atoms with Crippen molar-refractivity contribution in [3.05, 3.63) is 96.0 Å². The molecular weight excluding hydrogens is 813 g/mol. The lowest BCUT2D eigenvalue weighted by molar-refractivity contribution is -0.243. The van der Waals surface area contributed by atoms with Crippen molar-refractivity contribution in [1.82, 2.24) is 10.2 Å². The predicted molar refractivity (Wildman–Crippen MR) is 234 cm³/mol. The highest BCUT2D eigenvalue weighted by atomic mass is 16.7. The van der Waals surface area contributed by atoms with Crippen LogP contribution in [-0.2, 0) is 20.7 Å². The maximum atomic E-state index is 14.0. The molecule has 3 aliphatic rings. The largest absolute Gasteiger partial charge is 0.507 e. The Morgan fingerprint density at radius 2 is 1.68 bits per heavy atom. The van der Waals surface area contributed by atoms with E-state index in [0.717, 1.165) is 44.1 Å². The van der Waals surface area contributed by atoms with Gasteiger partial charge in [0.2, 0.25) is 5.78 Å². The number of nitrogens with zero attached hydrogens (tertiary/aromatic N) is 2. The molecule has 2 unspecified atom stereocenters. The maximum Gasteiger partial charge on any atom is 0.270 e. The number of nitrogens with one attached hydrogen (secondary N) is 2. The molecule has 1 aromatic heterocycles. The van der Waals surface area contributed by atoms with Gasteiger partial charge in [0, 0.05) is 35.6 Å². The van der Waals surface area contributed by atoms with Crippen LogP contribution in [0.4, 0.5) is 0 Å². The van der Waals surface area contributed by atoms with Crippen molar-refractivity contribution in [2.24, 2.45) is 15.9 Å². The van der Waals surface area contributed by atoms with Gasteiger partial charge in [0.25, 0.3) is 11.1 Å². The Balaban J connectivity index is 0.947. The number of aliphatic hydroxyl groups is 2. The van der Waals surface area contributed by atoms with Gasteiger partial charge in [-0.25, -0.2) is 0 Å². The highest BCUT2D eigenvalue weighted by Gasteiger charge is 2.45. The van der Waals surface area contributed by atoms with Crippen molar-refractivity contribution in [3.8, 4) is 17.2 Å². The molecule has 1 fully saturated rings. The number of aromatic amines is 2. The number of ketones is 3. The van der Waals surface area contributed by atoms with Crippen LogP contribution < -0.4 is 15.9 Å². The van der Waals surface area contributed by atoms with E-state index < -0.39 is 77.6 Å². The number of carbonyl (C=O) groups excluding carboxylic acids is 3. The summed E-state index contributed by atoms with van der Waals surface area (Å²) in [6, 6.07) is 9.35. The fourth-order valence-corrected chi connectivity index (χ4v) is 9.16. The second-order valence-corrected chi connectivity index (χ2v) is 16.5. The van der Waals surface area contributed by atoms with E-state index in [9.17, 15) is 44.4 Å². The molecule has 1 aliphatic heterocycles. The number of Topliss-reactive ketones (excluding diaryl/α,β-unsaturated/α-hetero) is 1. The molecule has 0 amide bonds. The number of aromatic hydroxyl groups is 2. The third-order valence-corrected chi connectivity index (χ3v) is 12.6. The van der Waals surface area contributed by atoms with Crippen molar-refractivity contribution < 1.29 is 49.0 Å². The van der Waals surface area contributed by atoms with E-state index in [4.69, 9.17) is 14.2 Å². The first-order chi connectivity index (χ1) is 30.4. The summed E-state index contributed by atoms with van der Waals surface area (Å²) in [7, 11) is 1.35. The minimum absolute atomic E-state index is 0.00128. The molecule has 7 rings (SSSR count). The number of H-pyrrole nitrogens is 2. The minimum Gasteiger partial charge on any atom is -0.507 e. The Labute approximate surface area is 363 Å². The molecule has 7 atom stereocenters. The summed E-state index contributed by atoms with van der Waals surface area (Å²) in [5.41, 5.74) is -0.299. The Bertz CT molecular complexity index is 2560. The Kier molecular flexibility index (Phi) is 14.1. The van der Waals surface area contributed by atoms with E-state index in [-0.39, 0.29) is 69.9 Å². The number of carbonyl (C=O) groups is 3. The average molecular weight is 867 g/mol. The molecule has 334 valence electrons. The topological polar surface area (TPSA) is 250 Å². The van der Waals surface area contributed by atoms with Crippen LogP contribution in [-0.4, -0.2) is 105 Å². The normalized spacial score (nSPS) is 22.6. The number of unbranched alkanes of at least 4 members (excludes halogenated alkanes) is 3. The maximum absolute atomic E-state index is 14.0. The molecule has 1 saturated heterocycles. The van der Waals surface area contributed by atoms with Gasteiger partial charge in [-0.05, 0) is 100 Å². The number of phenolic OH excluding ortho intramolecular Hbond substituents is 2. The zero-order valence-corrected chi connectivity index (χ0v) is 35.6. The number of methoxy groups -OCH3 is 1. The Morgan fingerprint density at radius 3 is 2.43 bits per heavy atom. The number of benzene rings is 3. The van der Waals surface area contributed by atoms with Gasteiger partial charge in [-0.3, -0.25) is 44.2 Å². The number of fused-ring (bicyclic) bond motifs is 4. The molecule has 0 spiro atoms. The summed E-state index contributed by atoms with van der Waals surface area (Å²) in [4.78, 5) is 74.2. The quantitative estimate of drug-likeness (QED) is 0.0404. The van der Waals surface area contributed by atoms with Crippen LogP contribution in [0.1, 0.15) is 132 Å². The van der Waals surface area contributed by atoms with Crippen molar-refractivity contribution in [2.45, 2.75) is 115 Å². The van der Waals surface area contributed by atoms with Crippen LogP contribution in [0.15, 0.2) is 56.0 Å². The zero-order valence-electron chi connectivity index (χ0n) is 35.6. The number of hydrogen-bond donors (Lipinski definition) is 6. The van der Waals surface area contributed by atoms with Gasteiger partial charge in [0.15, 0.2) is 17.9 Å². The lowest BCUT2D eigenvalue weighted by atomic mass is 9.73. The van der Waals surface area contributed by atoms with E-state index in [1.54, 1.807) is 25.3 Å². The molecule has 0 radical (unpaired) electrons. The van der Waals surface area contributed by atoms with Gasteiger partial charge < -0.3 is 34.6 Å². The van der Waals surface area contributed by atoms with Gasteiger partial charge in [-0.2, -0.15) is 0 Å². The summed E-state index contributed by atoms with van der Waals surface area (Å²) in [6.07, 6.45) is 5.80. The fourth-order valence-electron chi connectivity index (χ4n) is 9.16. The molecule has 0 saturated carbocycles. The van der Waals surface area contributed by atoms with Gasteiger partial charge in [-0.15, -0.1) is 0 Å². The van der Waals surface area contributed by atoms with E-state index >= 15 is 0 Å². The molecule has 0 bridgehead atoms. The molecule has 4 aromatic rings. The van der Waals surface area contributed by atoms with Crippen molar-refractivity contribution in [2.75, 3.05) is 20.3 Å². The Morgan fingerprint density at radius 1 is 0.937 bits per heavy atom. The predicted octanol–water partition coefficient (Wildman–Crippen LogP) is 5.13. The number of aliphatic imine (C=N–C) groups is 2. The molecule has 16 heteroatoms. The minimum atomic E-state index is -1.11. The van der Waals surface area contributed by atoms with Crippen LogP contribution >= 0.6 is 0 Å². The monoisotopic (exact) mass is 866 g/mol. The summed E-state index contributed by atoms with van der Waals surface area (Å²) < 4.78 is 17.8. The SMILES string of the molecule is CCC(CCCCN=CCCCC=N[C@H]1C[C@H](O[C@H]2CC(C(=O)CO)Cc3c(O)c4c(c(O)c32)C(=O)c2c(OC)cccc2C4=O)O[C@@H](C)[C@H]1O)c1ccc2c(=O)[nH][nH]c(=O)c2c1. The second kappa shape index (κ2) is 19.7. The number of ether oxygens (including phenoxy) is 3. The van der Waals surface area contributed by atoms with Crippen molar-refractivity contribution >= 4 is 40.6 Å². The first-order valence-electron chi connectivity index (χ1n) is 21.6. The molecule has 6 N–H and O–H groups in total. The summed E-state index contributed by atoms with van der Waals surface area (Å²) in [5.74, 6) is -3.49. The molecule has 2 aliphatic carbocycles. The number of aliphatic hydroxyl groups excluding tert-OH is 2. The Hall–Kier alpha value is -5.81. The smallest absolute Gasteiger partial charge is 0.270 e. The summed E-state index contributed by atoms with van der Waals surface area (Å²) >= 11 is 0. The van der Waals surface area contributed by atoms with Crippen LogP contribution in [0.5, 0.6) is 17.2 Å². The van der Waals surface area contributed by atoms with Gasteiger partial charge in [-0.1, -0.05) is 31.5 Å². The van der Waals surface area contributed by atoms with Crippen LogP contribution in [0, 0.1) is 5.92 Å². The molecule has 3 aromatic carbocycles. The van der Waals surface area contributed by atoms with Gasteiger partial charge in [0.05, 0.1) is 52.8 Å². The summed E-state index contributed by atoms with van der Waals surface area (Å²) in [5, 5.41) is 49.8. The molecule has 16 nitrogen and oxygen atoms in total. The fraction of sp³-hybridized carbons (Fsp3) is 0.468. The van der Waals surface area contributed by atoms with E-state index in [2.05, 4.69) is 27.1 Å².